The Kier molecular flexibility index (Phi) is 6.05. The van der Waals surface area contributed by atoms with Crippen LogP contribution in [0.5, 0.6) is 0 Å². The van der Waals surface area contributed by atoms with Gasteiger partial charge in [0.25, 0.3) is 0 Å². The van der Waals surface area contributed by atoms with Crippen LogP contribution in [0.15, 0.2) is 35.0 Å². The highest BCUT2D eigenvalue weighted by Crippen LogP contribution is 2.20. The molecule has 0 aliphatic rings. The van der Waals surface area contributed by atoms with Crippen LogP contribution in [0, 0.1) is 12.7 Å². The average Bonchev–Trinajstić information content (AvgIpc) is 3.04. The molecule has 0 aliphatic carbocycles. The molecule has 1 atom stereocenters. The molecule has 0 radical (unpaired) electrons. The molecule has 0 aliphatic heterocycles. The van der Waals surface area contributed by atoms with Gasteiger partial charge in [0.1, 0.15) is 5.82 Å². The summed E-state index contributed by atoms with van der Waals surface area (Å²) in [7, 11) is 3.83. The fourth-order valence-corrected chi connectivity index (χ4v) is 2.95. The summed E-state index contributed by atoms with van der Waals surface area (Å²) >= 11 is 1.58. The minimum atomic E-state index is -0.774. The first-order valence-electron chi connectivity index (χ1n) is 7.42. The number of aryl methyl sites for hydroxylation is 1. The van der Waals surface area contributed by atoms with E-state index < -0.39 is 11.8 Å². The lowest BCUT2D eigenvalue weighted by molar-refractivity contribution is -0.136. The number of anilines is 1. The van der Waals surface area contributed by atoms with Crippen molar-refractivity contribution < 1.29 is 14.0 Å². The van der Waals surface area contributed by atoms with Crippen LogP contribution in [0.4, 0.5) is 10.1 Å². The van der Waals surface area contributed by atoms with Gasteiger partial charge in [0.2, 0.25) is 0 Å². The lowest BCUT2D eigenvalue weighted by Gasteiger charge is -2.23. The maximum atomic E-state index is 13.2. The molecular weight excluding hydrogens is 329 g/mol. The second kappa shape index (κ2) is 8.03. The van der Waals surface area contributed by atoms with Crippen molar-refractivity contribution >= 4 is 28.8 Å². The van der Waals surface area contributed by atoms with Gasteiger partial charge in [-0.05, 0) is 67.2 Å². The fourth-order valence-electron chi connectivity index (χ4n) is 2.24. The SMILES string of the molecule is Cc1cc(NC(=O)C(=O)NC[C@H](c2ccsc2)N(C)C)ccc1F. The number of nitrogens with zero attached hydrogens (tertiary/aromatic N) is 1. The largest absolute Gasteiger partial charge is 0.346 e. The number of likely N-dealkylation sites (N-methyl/N-ethyl adjacent to an activating group) is 1. The van der Waals surface area contributed by atoms with Crippen molar-refractivity contribution in [2.75, 3.05) is 26.0 Å². The molecule has 0 spiro atoms. The fraction of sp³-hybridized carbons (Fsp3) is 0.294. The van der Waals surface area contributed by atoms with E-state index in [2.05, 4.69) is 10.6 Å². The predicted molar refractivity (Wildman–Crippen MR) is 93.5 cm³/mol. The highest BCUT2D eigenvalue weighted by Gasteiger charge is 2.19. The molecule has 1 aromatic carbocycles. The molecule has 5 nitrogen and oxygen atoms in total. The topological polar surface area (TPSA) is 61.4 Å². The Hall–Kier alpha value is -2.25. The lowest BCUT2D eigenvalue weighted by atomic mass is 10.1. The van der Waals surface area contributed by atoms with Crippen LogP contribution < -0.4 is 10.6 Å². The first kappa shape index (κ1) is 18.1. The lowest BCUT2D eigenvalue weighted by Crippen LogP contribution is -2.40. The minimum absolute atomic E-state index is 0.0129. The van der Waals surface area contributed by atoms with Gasteiger partial charge < -0.3 is 15.5 Å². The van der Waals surface area contributed by atoms with Gasteiger partial charge >= 0.3 is 11.8 Å². The van der Waals surface area contributed by atoms with E-state index in [-0.39, 0.29) is 11.9 Å². The Balaban J connectivity index is 1.93. The third kappa shape index (κ3) is 4.62. The van der Waals surface area contributed by atoms with E-state index in [0.29, 0.717) is 17.8 Å². The summed E-state index contributed by atoms with van der Waals surface area (Å²) in [5.41, 5.74) is 1.87. The van der Waals surface area contributed by atoms with Crippen molar-refractivity contribution in [1.82, 2.24) is 10.2 Å². The molecule has 2 amide bonds. The summed E-state index contributed by atoms with van der Waals surface area (Å²) in [6.45, 7) is 1.91. The summed E-state index contributed by atoms with van der Waals surface area (Å²) in [5.74, 6) is -1.86. The number of hydrogen-bond acceptors (Lipinski definition) is 4. The first-order chi connectivity index (χ1) is 11.4. The van der Waals surface area contributed by atoms with E-state index in [1.54, 1.807) is 18.3 Å². The van der Waals surface area contributed by atoms with Crippen LogP contribution in [-0.4, -0.2) is 37.4 Å². The van der Waals surface area contributed by atoms with E-state index in [0.717, 1.165) is 5.56 Å². The third-order valence-electron chi connectivity index (χ3n) is 3.63. The molecule has 2 aromatic rings. The van der Waals surface area contributed by atoms with E-state index in [1.807, 2.05) is 35.8 Å². The number of nitrogens with one attached hydrogen (secondary N) is 2. The number of rotatable bonds is 5. The molecular formula is C17H20FN3O2S. The zero-order chi connectivity index (χ0) is 17.7. The Morgan fingerprint density at radius 1 is 1.25 bits per heavy atom. The van der Waals surface area contributed by atoms with Crippen LogP contribution in [0.2, 0.25) is 0 Å². The Morgan fingerprint density at radius 3 is 2.58 bits per heavy atom. The van der Waals surface area contributed by atoms with Gasteiger partial charge in [0.15, 0.2) is 0 Å². The average molecular weight is 349 g/mol. The van der Waals surface area contributed by atoms with Crippen molar-refractivity contribution in [2.24, 2.45) is 0 Å². The van der Waals surface area contributed by atoms with Crippen molar-refractivity contribution in [2.45, 2.75) is 13.0 Å². The predicted octanol–water partition coefficient (Wildman–Crippen LogP) is 2.55. The molecule has 0 bridgehead atoms. The van der Waals surface area contributed by atoms with Gasteiger partial charge in [-0.25, -0.2) is 4.39 Å². The molecule has 1 heterocycles. The molecule has 24 heavy (non-hydrogen) atoms. The Labute approximate surface area is 144 Å². The van der Waals surface area contributed by atoms with E-state index in [4.69, 9.17) is 0 Å². The Bertz CT molecular complexity index is 717. The highest BCUT2D eigenvalue weighted by atomic mass is 32.1. The Morgan fingerprint density at radius 2 is 2.00 bits per heavy atom. The van der Waals surface area contributed by atoms with Gasteiger partial charge in [-0.3, -0.25) is 9.59 Å². The number of halogens is 1. The van der Waals surface area contributed by atoms with E-state index in [9.17, 15) is 14.0 Å². The smallest absolute Gasteiger partial charge is 0.313 e. The van der Waals surface area contributed by atoms with Crippen LogP contribution in [0.1, 0.15) is 17.2 Å². The number of carbonyl (C=O) groups excluding carboxylic acids is 2. The van der Waals surface area contributed by atoms with Crippen LogP contribution in [0.3, 0.4) is 0 Å². The first-order valence-corrected chi connectivity index (χ1v) is 8.36. The summed E-state index contributed by atoms with van der Waals surface area (Å²) in [6.07, 6.45) is 0. The molecule has 0 unspecified atom stereocenters. The second-order valence-electron chi connectivity index (χ2n) is 5.66. The number of thiophene rings is 1. The highest BCUT2D eigenvalue weighted by molar-refractivity contribution is 7.07. The zero-order valence-electron chi connectivity index (χ0n) is 13.8. The van der Waals surface area contributed by atoms with Gasteiger partial charge in [-0.15, -0.1) is 0 Å². The van der Waals surface area contributed by atoms with Gasteiger partial charge in [0, 0.05) is 12.2 Å². The van der Waals surface area contributed by atoms with Crippen molar-refractivity contribution in [3.63, 3.8) is 0 Å². The molecule has 2 N–H and O–H groups in total. The molecule has 1 aromatic heterocycles. The van der Waals surface area contributed by atoms with Crippen molar-refractivity contribution in [3.8, 4) is 0 Å². The third-order valence-corrected chi connectivity index (χ3v) is 4.33. The molecule has 0 saturated carbocycles. The van der Waals surface area contributed by atoms with Gasteiger partial charge in [0.05, 0.1) is 6.04 Å². The summed E-state index contributed by atoms with van der Waals surface area (Å²) < 4.78 is 13.2. The standard InChI is InChI=1S/C17H20FN3O2S/c1-11-8-13(4-5-14(11)18)20-17(23)16(22)19-9-15(21(2)3)12-6-7-24-10-12/h4-8,10,15H,9H2,1-3H3,(H,19,22)(H,20,23)/t15-/m1/s1. The van der Waals surface area contributed by atoms with Crippen molar-refractivity contribution in [3.05, 3.63) is 52.0 Å². The normalized spacial score (nSPS) is 12.0. The monoisotopic (exact) mass is 349 g/mol. The molecule has 0 saturated heterocycles. The second-order valence-corrected chi connectivity index (χ2v) is 6.44. The van der Waals surface area contributed by atoms with Crippen molar-refractivity contribution in [1.29, 1.82) is 0 Å². The zero-order valence-corrected chi connectivity index (χ0v) is 14.6. The molecule has 7 heteroatoms. The number of benzene rings is 1. The van der Waals surface area contributed by atoms with Gasteiger partial charge in [-0.2, -0.15) is 11.3 Å². The quantitative estimate of drug-likeness (QED) is 0.816. The van der Waals surface area contributed by atoms with Gasteiger partial charge in [-0.1, -0.05) is 0 Å². The maximum Gasteiger partial charge on any atom is 0.313 e. The van der Waals surface area contributed by atoms with E-state index in [1.165, 1.54) is 18.2 Å². The van der Waals surface area contributed by atoms with E-state index >= 15 is 0 Å². The summed E-state index contributed by atoms with van der Waals surface area (Å²) in [6, 6.07) is 6.13. The molecule has 0 fully saturated rings. The van der Waals surface area contributed by atoms with Crippen LogP contribution in [-0.2, 0) is 9.59 Å². The minimum Gasteiger partial charge on any atom is -0.346 e. The summed E-state index contributed by atoms with van der Waals surface area (Å²) in [5, 5.41) is 9.09. The summed E-state index contributed by atoms with van der Waals surface area (Å²) in [4.78, 5) is 25.9. The number of hydrogen-bond donors (Lipinski definition) is 2. The van der Waals surface area contributed by atoms with Crippen LogP contribution in [0.25, 0.3) is 0 Å². The molecule has 2 rings (SSSR count). The van der Waals surface area contributed by atoms with Crippen LogP contribution >= 0.6 is 11.3 Å². The maximum absolute atomic E-state index is 13.2. The molecule has 128 valence electrons. The number of carbonyl (C=O) groups is 2. The number of amides is 2.